The number of hydrogen-bond acceptors (Lipinski definition) is 5. The summed E-state index contributed by atoms with van der Waals surface area (Å²) in [4.78, 5) is 19.0. The first-order valence-corrected chi connectivity index (χ1v) is 11.3. The Morgan fingerprint density at radius 2 is 1.77 bits per heavy atom. The minimum atomic E-state index is -4.07. The maximum absolute atomic E-state index is 13.8. The molecule has 0 saturated carbocycles. The van der Waals surface area contributed by atoms with Gasteiger partial charge in [0.1, 0.15) is 11.6 Å². The fourth-order valence-electron chi connectivity index (χ4n) is 3.35. The van der Waals surface area contributed by atoms with E-state index in [-0.39, 0.29) is 16.1 Å². The zero-order valence-electron chi connectivity index (χ0n) is 16.6. The van der Waals surface area contributed by atoms with E-state index in [4.69, 9.17) is 0 Å². The number of carbonyl (C=O) groups is 1. The lowest BCUT2D eigenvalue weighted by Crippen LogP contribution is -2.19. The van der Waals surface area contributed by atoms with Gasteiger partial charge < -0.3 is 10.2 Å². The molecule has 2 N–H and O–H groups in total. The number of hydrogen-bond donors (Lipinski definition) is 2. The Bertz CT molecular complexity index is 1190. The molecule has 0 aliphatic carbocycles. The number of amides is 1. The second kappa shape index (κ2) is 8.73. The highest BCUT2D eigenvalue weighted by molar-refractivity contribution is 7.92. The Morgan fingerprint density at radius 3 is 2.48 bits per heavy atom. The first-order chi connectivity index (χ1) is 14.9. The fraction of sp³-hybridized carbons (Fsp3) is 0.182. The number of pyridine rings is 1. The number of carbonyl (C=O) groups excluding carboxylic acids is 1. The molecule has 1 aliphatic rings. The van der Waals surface area contributed by atoms with Crippen LogP contribution in [0.15, 0.2) is 71.8 Å². The van der Waals surface area contributed by atoms with Crippen LogP contribution >= 0.6 is 0 Å². The predicted molar refractivity (Wildman–Crippen MR) is 117 cm³/mol. The van der Waals surface area contributed by atoms with E-state index in [0.717, 1.165) is 37.8 Å². The minimum Gasteiger partial charge on any atom is -0.357 e. The van der Waals surface area contributed by atoms with Crippen molar-refractivity contribution in [2.24, 2.45) is 0 Å². The van der Waals surface area contributed by atoms with Gasteiger partial charge in [0.15, 0.2) is 0 Å². The summed E-state index contributed by atoms with van der Waals surface area (Å²) in [5, 5.41) is 2.72. The van der Waals surface area contributed by atoms with Crippen LogP contribution in [0.1, 0.15) is 23.2 Å². The molecule has 4 rings (SSSR count). The van der Waals surface area contributed by atoms with E-state index in [1.165, 1.54) is 42.5 Å². The van der Waals surface area contributed by atoms with E-state index >= 15 is 0 Å². The number of halogens is 1. The number of anilines is 3. The highest BCUT2D eigenvalue weighted by atomic mass is 32.2. The molecule has 7 nitrogen and oxygen atoms in total. The Labute approximate surface area is 180 Å². The van der Waals surface area contributed by atoms with Gasteiger partial charge in [-0.05, 0) is 55.3 Å². The van der Waals surface area contributed by atoms with Crippen molar-refractivity contribution in [3.05, 3.63) is 78.2 Å². The lowest BCUT2D eigenvalue weighted by atomic mass is 10.2. The zero-order chi connectivity index (χ0) is 21.8. The molecular formula is C22H21FN4O3S. The van der Waals surface area contributed by atoms with E-state index in [1.54, 1.807) is 12.3 Å². The summed E-state index contributed by atoms with van der Waals surface area (Å²) in [6.07, 6.45) is 3.86. The quantitative estimate of drug-likeness (QED) is 0.607. The zero-order valence-corrected chi connectivity index (χ0v) is 17.4. The van der Waals surface area contributed by atoms with Gasteiger partial charge in [0, 0.05) is 18.7 Å². The molecule has 1 fully saturated rings. The largest absolute Gasteiger partial charge is 0.357 e. The summed E-state index contributed by atoms with van der Waals surface area (Å²) < 4.78 is 41.3. The molecule has 3 aromatic rings. The van der Waals surface area contributed by atoms with Crippen LogP contribution < -0.4 is 14.9 Å². The van der Waals surface area contributed by atoms with Crippen LogP contribution in [-0.2, 0) is 10.0 Å². The van der Waals surface area contributed by atoms with Crippen LogP contribution in [0.2, 0.25) is 0 Å². The number of rotatable bonds is 6. The predicted octanol–water partition coefficient (Wildman–Crippen LogP) is 3.87. The van der Waals surface area contributed by atoms with Gasteiger partial charge in [-0.25, -0.2) is 17.8 Å². The van der Waals surface area contributed by atoms with Gasteiger partial charge in [-0.2, -0.15) is 0 Å². The van der Waals surface area contributed by atoms with Gasteiger partial charge in [-0.1, -0.05) is 18.2 Å². The summed E-state index contributed by atoms with van der Waals surface area (Å²) in [5.74, 6) is -0.300. The maximum Gasteiger partial charge on any atom is 0.262 e. The molecule has 31 heavy (non-hydrogen) atoms. The van der Waals surface area contributed by atoms with Gasteiger partial charge in [0.05, 0.1) is 22.5 Å². The summed E-state index contributed by atoms with van der Waals surface area (Å²) in [5.41, 5.74) is 0.493. The molecule has 0 atom stereocenters. The Balaban J connectivity index is 1.48. The van der Waals surface area contributed by atoms with Crippen LogP contribution in [0.4, 0.5) is 21.6 Å². The topological polar surface area (TPSA) is 91.4 Å². The van der Waals surface area contributed by atoms with Crippen LogP contribution in [0, 0.1) is 5.82 Å². The standard InChI is InChI=1S/C22H21FN4O3S/c23-19-8-1-2-9-20(19)26-31(29,30)18-7-5-6-16(14-18)22(28)25-17-10-11-21(24-15-17)27-12-3-4-13-27/h1-2,5-11,14-15,26H,3-4,12-13H2,(H,25,28). The lowest BCUT2D eigenvalue weighted by molar-refractivity contribution is 0.102. The number of para-hydroxylation sites is 1. The van der Waals surface area contributed by atoms with Crippen molar-refractivity contribution in [3.63, 3.8) is 0 Å². The van der Waals surface area contributed by atoms with Crippen molar-refractivity contribution in [1.82, 2.24) is 4.98 Å². The monoisotopic (exact) mass is 440 g/mol. The van der Waals surface area contributed by atoms with E-state index < -0.39 is 21.7 Å². The number of aromatic nitrogens is 1. The third-order valence-corrected chi connectivity index (χ3v) is 6.32. The minimum absolute atomic E-state index is 0.147. The summed E-state index contributed by atoms with van der Waals surface area (Å²) in [6, 6.07) is 14.6. The highest BCUT2D eigenvalue weighted by Crippen LogP contribution is 2.21. The van der Waals surface area contributed by atoms with Crippen molar-refractivity contribution in [2.75, 3.05) is 28.0 Å². The lowest BCUT2D eigenvalue weighted by Gasteiger charge is -2.16. The molecule has 1 amide bonds. The summed E-state index contributed by atoms with van der Waals surface area (Å²) >= 11 is 0. The van der Waals surface area contributed by atoms with Crippen LogP contribution in [0.25, 0.3) is 0 Å². The average molecular weight is 441 g/mol. The summed E-state index contributed by atoms with van der Waals surface area (Å²) in [6.45, 7) is 1.95. The first kappa shape index (κ1) is 20.8. The normalized spacial score (nSPS) is 13.8. The molecule has 1 saturated heterocycles. The van der Waals surface area contributed by atoms with Gasteiger partial charge >= 0.3 is 0 Å². The van der Waals surface area contributed by atoms with E-state index in [2.05, 4.69) is 19.9 Å². The van der Waals surface area contributed by atoms with Gasteiger partial charge in [-0.3, -0.25) is 9.52 Å². The molecule has 1 aliphatic heterocycles. The second-order valence-corrected chi connectivity index (χ2v) is 8.85. The van der Waals surface area contributed by atoms with Gasteiger partial charge in [0.25, 0.3) is 15.9 Å². The summed E-state index contributed by atoms with van der Waals surface area (Å²) in [7, 11) is -4.07. The van der Waals surface area contributed by atoms with Gasteiger partial charge in [-0.15, -0.1) is 0 Å². The Kier molecular flexibility index (Phi) is 5.85. The van der Waals surface area contributed by atoms with Crippen LogP contribution in [-0.4, -0.2) is 32.4 Å². The third kappa shape index (κ3) is 4.83. The SMILES string of the molecule is O=C(Nc1ccc(N2CCCC2)nc1)c1cccc(S(=O)(=O)Nc2ccccc2F)c1. The van der Waals surface area contributed by atoms with Crippen LogP contribution in [0.3, 0.4) is 0 Å². The highest BCUT2D eigenvalue weighted by Gasteiger charge is 2.18. The second-order valence-electron chi connectivity index (χ2n) is 7.17. The smallest absolute Gasteiger partial charge is 0.262 e. The van der Waals surface area contributed by atoms with Crippen molar-refractivity contribution in [3.8, 4) is 0 Å². The number of nitrogens with one attached hydrogen (secondary N) is 2. The molecule has 0 bridgehead atoms. The average Bonchev–Trinajstić information content (AvgIpc) is 3.31. The fourth-order valence-corrected chi connectivity index (χ4v) is 4.46. The van der Waals surface area contributed by atoms with Crippen LogP contribution in [0.5, 0.6) is 0 Å². The molecule has 0 radical (unpaired) electrons. The molecule has 9 heteroatoms. The molecule has 2 heterocycles. The van der Waals surface area contributed by atoms with E-state index in [1.807, 2.05) is 6.07 Å². The van der Waals surface area contributed by atoms with Crippen molar-refractivity contribution in [1.29, 1.82) is 0 Å². The molecule has 2 aromatic carbocycles. The van der Waals surface area contributed by atoms with Gasteiger partial charge in [0.2, 0.25) is 0 Å². The van der Waals surface area contributed by atoms with Crippen molar-refractivity contribution in [2.45, 2.75) is 17.7 Å². The van der Waals surface area contributed by atoms with E-state index in [9.17, 15) is 17.6 Å². The molecule has 1 aromatic heterocycles. The number of benzene rings is 2. The molecule has 0 unspecified atom stereocenters. The van der Waals surface area contributed by atoms with E-state index in [0.29, 0.717) is 5.69 Å². The van der Waals surface area contributed by atoms with Crippen molar-refractivity contribution < 1.29 is 17.6 Å². The van der Waals surface area contributed by atoms with Crippen molar-refractivity contribution >= 4 is 33.1 Å². The number of sulfonamides is 1. The third-order valence-electron chi connectivity index (χ3n) is 4.96. The Morgan fingerprint density at radius 1 is 1.00 bits per heavy atom. The molecular weight excluding hydrogens is 419 g/mol. The first-order valence-electron chi connectivity index (χ1n) is 9.82. The Hall–Kier alpha value is -3.46. The molecule has 0 spiro atoms. The molecule has 160 valence electrons. The maximum atomic E-state index is 13.8. The number of nitrogens with zero attached hydrogens (tertiary/aromatic N) is 2.